The van der Waals surface area contributed by atoms with E-state index in [0.29, 0.717) is 16.7 Å². The molecule has 0 bridgehead atoms. The second-order valence-electron chi connectivity index (χ2n) is 4.12. The Morgan fingerprint density at radius 3 is 2.52 bits per heavy atom. The maximum atomic E-state index is 11.6. The third-order valence-electron chi connectivity index (χ3n) is 2.41. The molecule has 1 aromatic carbocycles. The molecule has 0 unspecified atom stereocenters. The van der Waals surface area contributed by atoms with Crippen molar-refractivity contribution < 1.29 is 19.5 Å². The maximum Gasteiger partial charge on any atom is 0.335 e. The van der Waals surface area contributed by atoms with Gasteiger partial charge in [0.1, 0.15) is 0 Å². The second-order valence-corrected chi connectivity index (χ2v) is 5.03. The molecule has 1 aromatic rings. The van der Waals surface area contributed by atoms with Crippen molar-refractivity contribution in [1.82, 2.24) is 10.6 Å². The number of amides is 3. The minimum Gasteiger partial charge on any atom is -0.478 e. The van der Waals surface area contributed by atoms with Gasteiger partial charge in [-0.2, -0.15) is 0 Å². The summed E-state index contributed by atoms with van der Waals surface area (Å²) in [5.74, 6) is -1.23. The summed E-state index contributed by atoms with van der Waals surface area (Å²) < 4.78 is 0.542. The number of halogens is 1. The monoisotopic (exact) mass is 357 g/mol. The fourth-order valence-corrected chi connectivity index (χ4v) is 2.03. The summed E-state index contributed by atoms with van der Waals surface area (Å²) in [7, 11) is 0. The van der Waals surface area contributed by atoms with Crippen molar-refractivity contribution in [3.8, 4) is 0 Å². The number of aromatic carboxylic acids is 1. The zero-order valence-corrected chi connectivity index (χ0v) is 13.0. The van der Waals surface area contributed by atoms with E-state index in [-0.39, 0.29) is 24.4 Å². The van der Waals surface area contributed by atoms with Crippen molar-refractivity contribution in [2.75, 3.05) is 18.4 Å². The Kier molecular flexibility index (Phi) is 6.67. The molecule has 0 saturated heterocycles. The number of carboxylic acids is 1. The van der Waals surface area contributed by atoms with Crippen LogP contribution >= 0.6 is 15.9 Å². The van der Waals surface area contributed by atoms with Crippen molar-refractivity contribution in [2.24, 2.45) is 0 Å². The fourth-order valence-electron chi connectivity index (χ4n) is 1.54. The Balaban J connectivity index is 2.51. The summed E-state index contributed by atoms with van der Waals surface area (Å²) in [5, 5.41) is 16.6. The molecular formula is C13H16BrN3O4. The summed E-state index contributed by atoms with van der Waals surface area (Å²) in [6.07, 6.45) is 0.181. The van der Waals surface area contributed by atoms with E-state index in [9.17, 15) is 14.4 Å². The fraction of sp³-hybridized carbons (Fsp3) is 0.308. The molecule has 0 aliphatic heterocycles. The van der Waals surface area contributed by atoms with Crippen LogP contribution in [0.3, 0.4) is 0 Å². The van der Waals surface area contributed by atoms with Crippen LogP contribution in [-0.2, 0) is 4.79 Å². The lowest BCUT2D eigenvalue weighted by Gasteiger charge is -2.09. The Morgan fingerprint density at radius 2 is 1.90 bits per heavy atom. The molecule has 114 valence electrons. The van der Waals surface area contributed by atoms with E-state index in [2.05, 4.69) is 31.9 Å². The van der Waals surface area contributed by atoms with Crippen LogP contribution in [0.1, 0.15) is 23.7 Å². The third-order valence-corrected chi connectivity index (χ3v) is 2.87. The van der Waals surface area contributed by atoms with E-state index in [1.165, 1.54) is 12.1 Å². The van der Waals surface area contributed by atoms with Crippen molar-refractivity contribution in [1.29, 1.82) is 0 Å². The molecule has 21 heavy (non-hydrogen) atoms. The number of rotatable bonds is 6. The van der Waals surface area contributed by atoms with Crippen molar-refractivity contribution >= 4 is 39.5 Å². The summed E-state index contributed by atoms with van der Waals surface area (Å²) >= 11 is 3.17. The molecule has 1 rings (SSSR count). The van der Waals surface area contributed by atoms with Crippen LogP contribution in [0.25, 0.3) is 0 Å². The van der Waals surface area contributed by atoms with E-state index in [1.54, 1.807) is 6.07 Å². The lowest BCUT2D eigenvalue weighted by atomic mass is 10.2. The van der Waals surface area contributed by atoms with Crippen LogP contribution in [0.15, 0.2) is 22.7 Å². The first kappa shape index (κ1) is 17.0. The molecule has 0 radical (unpaired) electrons. The number of carbonyl (C=O) groups is 3. The topological polar surface area (TPSA) is 108 Å². The summed E-state index contributed by atoms with van der Waals surface area (Å²) in [6.45, 7) is 2.55. The predicted octanol–water partition coefficient (Wildman–Crippen LogP) is 1.79. The van der Waals surface area contributed by atoms with Crippen molar-refractivity contribution in [3.05, 3.63) is 28.2 Å². The van der Waals surface area contributed by atoms with Gasteiger partial charge in [-0.3, -0.25) is 4.79 Å². The van der Waals surface area contributed by atoms with Crippen LogP contribution in [0.2, 0.25) is 0 Å². The molecule has 0 fully saturated rings. The van der Waals surface area contributed by atoms with Gasteiger partial charge in [-0.1, -0.05) is 15.9 Å². The predicted molar refractivity (Wildman–Crippen MR) is 81.4 cm³/mol. The zero-order chi connectivity index (χ0) is 15.8. The molecular weight excluding hydrogens is 342 g/mol. The number of benzene rings is 1. The van der Waals surface area contributed by atoms with Crippen molar-refractivity contribution in [2.45, 2.75) is 13.3 Å². The molecule has 0 spiro atoms. The van der Waals surface area contributed by atoms with Crippen LogP contribution in [0.5, 0.6) is 0 Å². The van der Waals surface area contributed by atoms with E-state index in [1.807, 2.05) is 6.92 Å². The first-order valence-corrected chi connectivity index (χ1v) is 7.07. The van der Waals surface area contributed by atoms with Gasteiger partial charge in [0.25, 0.3) is 0 Å². The molecule has 0 heterocycles. The van der Waals surface area contributed by atoms with Gasteiger partial charge in [0.15, 0.2) is 0 Å². The molecule has 0 saturated carbocycles. The molecule has 8 heteroatoms. The van der Waals surface area contributed by atoms with Crippen molar-refractivity contribution in [3.63, 3.8) is 0 Å². The van der Waals surface area contributed by atoms with Gasteiger partial charge in [0.05, 0.1) is 5.56 Å². The highest BCUT2D eigenvalue weighted by Crippen LogP contribution is 2.19. The minimum absolute atomic E-state index is 0.0574. The van der Waals surface area contributed by atoms with E-state index in [0.717, 1.165) is 0 Å². The number of nitrogens with one attached hydrogen (secondary N) is 3. The Morgan fingerprint density at radius 1 is 1.19 bits per heavy atom. The van der Waals surface area contributed by atoms with Gasteiger partial charge < -0.3 is 21.1 Å². The Bertz CT molecular complexity index is 548. The zero-order valence-electron chi connectivity index (χ0n) is 11.4. The number of hydrogen-bond acceptors (Lipinski definition) is 3. The number of urea groups is 1. The van der Waals surface area contributed by atoms with Crippen LogP contribution in [0, 0.1) is 0 Å². The molecule has 0 aromatic heterocycles. The van der Waals surface area contributed by atoms with Gasteiger partial charge in [0, 0.05) is 29.7 Å². The molecule has 0 aliphatic rings. The lowest BCUT2D eigenvalue weighted by molar-refractivity contribution is -0.120. The van der Waals surface area contributed by atoms with Gasteiger partial charge >= 0.3 is 12.0 Å². The van der Waals surface area contributed by atoms with E-state index < -0.39 is 12.0 Å². The third kappa shape index (κ3) is 6.26. The summed E-state index contributed by atoms with van der Waals surface area (Å²) in [4.78, 5) is 33.7. The summed E-state index contributed by atoms with van der Waals surface area (Å²) in [6, 6.07) is 3.85. The normalized spacial score (nSPS) is 9.81. The molecule has 3 amide bonds. The lowest BCUT2D eigenvalue weighted by Crippen LogP contribution is -2.33. The van der Waals surface area contributed by atoms with E-state index in [4.69, 9.17) is 5.11 Å². The van der Waals surface area contributed by atoms with Crippen LogP contribution in [0.4, 0.5) is 10.5 Å². The molecule has 0 aliphatic carbocycles. The number of carbonyl (C=O) groups excluding carboxylic acids is 2. The standard InChI is InChI=1S/C13H16BrN3O4/c1-2-15-11(18)3-4-16-13(21)17-10-6-8(12(19)20)5-9(14)7-10/h5-7H,2-4H2,1H3,(H,15,18)(H,19,20)(H2,16,17,21). The highest BCUT2D eigenvalue weighted by molar-refractivity contribution is 9.10. The van der Waals surface area contributed by atoms with Gasteiger partial charge in [-0.05, 0) is 25.1 Å². The minimum atomic E-state index is -1.09. The number of anilines is 1. The Hall–Kier alpha value is -2.09. The van der Waals surface area contributed by atoms with Gasteiger partial charge in [0.2, 0.25) is 5.91 Å². The smallest absolute Gasteiger partial charge is 0.335 e. The Labute approximate surface area is 130 Å². The number of carboxylic acid groups (broad SMARTS) is 1. The average Bonchev–Trinajstić information content (AvgIpc) is 2.38. The second kappa shape index (κ2) is 8.25. The van der Waals surface area contributed by atoms with Gasteiger partial charge in [-0.25, -0.2) is 9.59 Å². The maximum absolute atomic E-state index is 11.6. The number of hydrogen-bond donors (Lipinski definition) is 4. The quantitative estimate of drug-likeness (QED) is 0.622. The highest BCUT2D eigenvalue weighted by atomic mass is 79.9. The average molecular weight is 358 g/mol. The first-order valence-electron chi connectivity index (χ1n) is 6.27. The largest absolute Gasteiger partial charge is 0.478 e. The molecule has 7 nitrogen and oxygen atoms in total. The van der Waals surface area contributed by atoms with Crippen LogP contribution < -0.4 is 16.0 Å². The highest BCUT2D eigenvalue weighted by Gasteiger charge is 2.08. The van der Waals surface area contributed by atoms with E-state index >= 15 is 0 Å². The van der Waals surface area contributed by atoms with Gasteiger partial charge in [-0.15, -0.1) is 0 Å². The summed E-state index contributed by atoms with van der Waals surface area (Å²) in [5.41, 5.74) is 0.402. The molecule has 0 atom stereocenters. The molecule has 4 N–H and O–H groups in total. The SMILES string of the molecule is CCNC(=O)CCNC(=O)Nc1cc(Br)cc(C(=O)O)c1. The van der Waals surface area contributed by atoms with Crippen LogP contribution in [-0.4, -0.2) is 36.1 Å². The first-order chi connectivity index (χ1) is 9.92.